The number of rotatable bonds is 6. The van der Waals surface area contributed by atoms with E-state index in [-0.39, 0.29) is 17.6 Å². The molecule has 1 aliphatic rings. The summed E-state index contributed by atoms with van der Waals surface area (Å²) in [6, 6.07) is 10.0. The number of thioether (sulfide) groups is 1. The van der Waals surface area contributed by atoms with Crippen LogP contribution < -0.4 is 5.32 Å². The average Bonchev–Trinajstić information content (AvgIpc) is 3.33. The van der Waals surface area contributed by atoms with Gasteiger partial charge in [-0.25, -0.2) is 0 Å². The third-order valence-corrected chi connectivity index (χ3v) is 5.00. The number of nitrogens with zero attached hydrogens (tertiary/aromatic N) is 5. The maximum atomic E-state index is 12.2. The van der Waals surface area contributed by atoms with E-state index in [9.17, 15) is 10.1 Å². The first-order valence-corrected chi connectivity index (χ1v) is 8.71. The van der Waals surface area contributed by atoms with E-state index in [4.69, 9.17) is 0 Å². The number of nitrogens with one attached hydrogen (secondary N) is 1. The number of aromatic nitrogens is 4. The fraction of sp³-hybridized carbons (Fsp3) is 0.438. The maximum absolute atomic E-state index is 12.2. The Bertz CT molecular complexity index is 777. The van der Waals surface area contributed by atoms with E-state index in [2.05, 4.69) is 26.9 Å². The molecule has 1 heterocycles. The lowest BCUT2D eigenvalue weighted by Crippen LogP contribution is -2.47. The molecular formula is C16H18N6OS. The van der Waals surface area contributed by atoms with E-state index in [1.54, 1.807) is 11.6 Å². The van der Waals surface area contributed by atoms with Gasteiger partial charge in [-0.2, -0.15) is 9.94 Å². The standard InChI is InChI=1S/C16H18N6OS/c1-11-3-7-13(8-4-11)22-15(19-20-21-22)24-9-14(23)18-16(2,10-17)12-5-6-12/h3-4,7-8,12H,5-6,9H2,1-2H3,(H,18,23). The number of hydrogen-bond donors (Lipinski definition) is 1. The molecule has 8 heteroatoms. The number of nitriles is 1. The Hall–Kier alpha value is -2.40. The second-order valence-electron chi connectivity index (χ2n) is 6.13. The van der Waals surface area contributed by atoms with E-state index in [0.29, 0.717) is 5.16 Å². The SMILES string of the molecule is Cc1ccc(-n2nnnc2SCC(=O)NC(C)(C#N)C2CC2)cc1. The van der Waals surface area contributed by atoms with Crippen molar-refractivity contribution in [3.8, 4) is 11.8 Å². The van der Waals surface area contributed by atoms with Crippen LogP contribution in [-0.2, 0) is 4.79 Å². The van der Waals surface area contributed by atoms with Gasteiger partial charge in [0.1, 0.15) is 5.54 Å². The number of tetrazole rings is 1. The molecule has 3 rings (SSSR count). The van der Waals surface area contributed by atoms with Crippen molar-refractivity contribution in [3.63, 3.8) is 0 Å². The Morgan fingerprint density at radius 1 is 1.46 bits per heavy atom. The number of hydrogen-bond acceptors (Lipinski definition) is 6. The van der Waals surface area contributed by atoms with Gasteiger partial charge in [0, 0.05) is 0 Å². The van der Waals surface area contributed by atoms with Crippen molar-refractivity contribution < 1.29 is 4.79 Å². The molecule has 1 fully saturated rings. The monoisotopic (exact) mass is 342 g/mol. The van der Waals surface area contributed by atoms with Crippen LogP contribution in [0.2, 0.25) is 0 Å². The molecule has 1 N–H and O–H groups in total. The van der Waals surface area contributed by atoms with Gasteiger partial charge in [0.15, 0.2) is 0 Å². The molecule has 124 valence electrons. The lowest BCUT2D eigenvalue weighted by atomic mass is 9.98. The predicted molar refractivity (Wildman–Crippen MR) is 89.5 cm³/mol. The molecule has 1 aromatic carbocycles. The highest BCUT2D eigenvalue weighted by atomic mass is 32.2. The zero-order valence-corrected chi connectivity index (χ0v) is 14.4. The van der Waals surface area contributed by atoms with Crippen molar-refractivity contribution in [3.05, 3.63) is 29.8 Å². The molecule has 0 radical (unpaired) electrons. The summed E-state index contributed by atoms with van der Waals surface area (Å²) < 4.78 is 1.60. The van der Waals surface area contributed by atoms with Crippen molar-refractivity contribution in [2.45, 2.75) is 37.4 Å². The Labute approximate surface area is 144 Å². The largest absolute Gasteiger partial charge is 0.337 e. The summed E-state index contributed by atoms with van der Waals surface area (Å²) >= 11 is 1.25. The highest BCUT2D eigenvalue weighted by Gasteiger charge is 2.42. The molecule has 1 aromatic heterocycles. The summed E-state index contributed by atoms with van der Waals surface area (Å²) in [5.74, 6) is 0.236. The molecule has 24 heavy (non-hydrogen) atoms. The minimum absolute atomic E-state index is 0.163. The predicted octanol–water partition coefficient (Wildman–Crippen LogP) is 1.87. The number of aryl methyl sites for hydroxylation is 1. The third-order valence-electron chi connectivity index (χ3n) is 4.08. The minimum Gasteiger partial charge on any atom is -0.337 e. The third kappa shape index (κ3) is 3.57. The second kappa shape index (κ2) is 6.61. The minimum atomic E-state index is -0.777. The molecule has 0 aliphatic heterocycles. The van der Waals surface area contributed by atoms with Gasteiger partial charge in [-0.05, 0) is 55.2 Å². The van der Waals surface area contributed by atoms with E-state index >= 15 is 0 Å². The second-order valence-corrected chi connectivity index (χ2v) is 7.08. The molecule has 0 spiro atoms. The van der Waals surface area contributed by atoms with Crippen LogP contribution in [0, 0.1) is 24.2 Å². The van der Waals surface area contributed by atoms with Crippen LogP contribution in [-0.4, -0.2) is 37.4 Å². The van der Waals surface area contributed by atoms with Crippen LogP contribution in [0.5, 0.6) is 0 Å². The molecule has 1 saturated carbocycles. The molecule has 1 amide bonds. The van der Waals surface area contributed by atoms with Gasteiger partial charge in [-0.15, -0.1) is 5.10 Å². The van der Waals surface area contributed by atoms with Gasteiger partial charge < -0.3 is 5.32 Å². The van der Waals surface area contributed by atoms with Crippen molar-refractivity contribution in [1.82, 2.24) is 25.5 Å². The van der Waals surface area contributed by atoms with Crippen molar-refractivity contribution in [2.24, 2.45) is 5.92 Å². The highest BCUT2D eigenvalue weighted by Crippen LogP contribution is 2.39. The fourth-order valence-corrected chi connectivity index (χ4v) is 3.15. The summed E-state index contributed by atoms with van der Waals surface area (Å²) in [4.78, 5) is 12.2. The normalized spacial score (nSPS) is 16.2. The molecule has 0 saturated heterocycles. The van der Waals surface area contributed by atoms with Gasteiger partial charge >= 0.3 is 0 Å². The topological polar surface area (TPSA) is 96.5 Å². The zero-order valence-electron chi connectivity index (χ0n) is 13.6. The van der Waals surface area contributed by atoms with Gasteiger partial charge in [-0.1, -0.05) is 29.5 Å². The molecular weight excluding hydrogens is 324 g/mol. The summed E-state index contributed by atoms with van der Waals surface area (Å²) in [5.41, 5.74) is 1.21. The van der Waals surface area contributed by atoms with Crippen LogP contribution in [0.1, 0.15) is 25.3 Å². The van der Waals surface area contributed by atoms with Crippen LogP contribution in [0.15, 0.2) is 29.4 Å². The Balaban J connectivity index is 1.63. The number of benzene rings is 1. The van der Waals surface area contributed by atoms with E-state index < -0.39 is 5.54 Å². The summed E-state index contributed by atoms with van der Waals surface area (Å²) in [6.07, 6.45) is 1.98. The lowest BCUT2D eigenvalue weighted by Gasteiger charge is -2.22. The van der Waals surface area contributed by atoms with E-state index in [1.807, 2.05) is 31.2 Å². The van der Waals surface area contributed by atoms with Gasteiger partial charge in [-0.3, -0.25) is 4.79 Å². The first kappa shape index (κ1) is 16.5. The van der Waals surface area contributed by atoms with Crippen molar-refractivity contribution in [1.29, 1.82) is 5.26 Å². The molecule has 2 aromatic rings. The van der Waals surface area contributed by atoms with Gasteiger partial charge in [0.2, 0.25) is 11.1 Å². The van der Waals surface area contributed by atoms with Crippen molar-refractivity contribution in [2.75, 3.05) is 5.75 Å². The first-order chi connectivity index (χ1) is 11.5. The molecule has 7 nitrogen and oxygen atoms in total. The summed E-state index contributed by atoms with van der Waals surface area (Å²) in [5, 5.41) is 24.3. The highest BCUT2D eigenvalue weighted by molar-refractivity contribution is 7.99. The van der Waals surface area contributed by atoms with Crippen LogP contribution >= 0.6 is 11.8 Å². The Morgan fingerprint density at radius 3 is 2.79 bits per heavy atom. The van der Waals surface area contributed by atoms with E-state index in [1.165, 1.54) is 11.8 Å². The molecule has 1 aliphatic carbocycles. The lowest BCUT2D eigenvalue weighted by molar-refractivity contribution is -0.119. The van der Waals surface area contributed by atoms with Crippen molar-refractivity contribution >= 4 is 17.7 Å². The van der Waals surface area contributed by atoms with Crippen LogP contribution in [0.25, 0.3) is 5.69 Å². The number of carbonyl (C=O) groups excluding carboxylic acids is 1. The summed E-state index contributed by atoms with van der Waals surface area (Å²) in [7, 11) is 0. The smallest absolute Gasteiger partial charge is 0.231 e. The Morgan fingerprint density at radius 2 is 2.17 bits per heavy atom. The summed E-state index contributed by atoms with van der Waals surface area (Å²) in [6.45, 7) is 3.79. The maximum Gasteiger partial charge on any atom is 0.231 e. The average molecular weight is 342 g/mol. The number of amides is 1. The fourth-order valence-electron chi connectivity index (χ4n) is 2.45. The van der Waals surface area contributed by atoms with Crippen LogP contribution in [0.3, 0.4) is 0 Å². The Kier molecular flexibility index (Phi) is 4.53. The molecule has 0 bridgehead atoms. The van der Waals surface area contributed by atoms with Gasteiger partial charge in [0.25, 0.3) is 0 Å². The zero-order chi connectivity index (χ0) is 17.2. The van der Waals surface area contributed by atoms with E-state index in [0.717, 1.165) is 24.1 Å². The first-order valence-electron chi connectivity index (χ1n) is 7.72. The molecule has 1 atom stereocenters. The quantitative estimate of drug-likeness (QED) is 0.805. The molecule has 1 unspecified atom stereocenters. The van der Waals surface area contributed by atoms with Crippen LogP contribution in [0.4, 0.5) is 0 Å². The number of carbonyl (C=O) groups is 1. The van der Waals surface area contributed by atoms with Gasteiger partial charge in [0.05, 0.1) is 17.5 Å².